The number of alkyl halides is 3. The first-order chi connectivity index (χ1) is 22.9. The first-order valence-electron chi connectivity index (χ1n) is 14.9. The van der Waals surface area contributed by atoms with E-state index < -0.39 is 42.0 Å². The summed E-state index contributed by atoms with van der Waals surface area (Å²) in [5.74, 6) is -1.12. The molecule has 0 fully saturated rings. The quantitative estimate of drug-likeness (QED) is 0.0628. The molecule has 254 valence electrons. The van der Waals surface area contributed by atoms with Gasteiger partial charge in [-0.05, 0) is 53.8 Å². The third-order valence-electron chi connectivity index (χ3n) is 7.32. The van der Waals surface area contributed by atoms with Crippen molar-refractivity contribution in [2.24, 2.45) is 0 Å². The van der Waals surface area contributed by atoms with E-state index in [1.54, 1.807) is 13.8 Å². The van der Waals surface area contributed by atoms with E-state index in [0.717, 1.165) is 22.3 Å². The number of ether oxygens (including phenoxy) is 2. The SMILES string of the molecule is CCOP(=O)(OCC)Oc1ccc2c(C[C@H](NC(=O)OCC3c4ccccc4-c4ccccc43)C(=O)OCC(Cl)(Cl)Cl)cc(=O)oc2c1. The molecule has 1 N–H and O–H groups in total. The summed E-state index contributed by atoms with van der Waals surface area (Å²) in [6, 6.07) is 19.8. The van der Waals surface area contributed by atoms with E-state index in [1.807, 2.05) is 48.5 Å². The molecule has 0 saturated carbocycles. The Labute approximate surface area is 290 Å². The van der Waals surface area contributed by atoms with Gasteiger partial charge in [0.2, 0.25) is 3.79 Å². The Kier molecular flexibility index (Phi) is 11.4. The Bertz CT molecular complexity index is 1860. The van der Waals surface area contributed by atoms with Crippen molar-refractivity contribution >= 4 is 65.7 Å². The van der Waals surface area contributed by atoms with E-state index in [0.29, 0.717) is 10.9 Å². The zero-order chi connectivity index (χ0) is 34.5. The molecule has 0 aliphatic heterocycles. The molecule has 1 aliphatic rings. The van der Waals surface area contributed by atoms with Crippen LogP contribution in [0.15, 0.2) is 82.0 Å². The number of rotatable bonds is 13. The van der Waals surface area contributed by atoms with E-state index >= 15 is 0 Å². The number of carbonyl (C=O) groups excluding carboxylic acids is 2. The van der Waals surface area contributed by atoms with Crippen molar-refractivity contribution < 1.29 is 41.6 Å². The van der Waals surface area contributed by atoms with Gasteiger partial charge in [-0.1, -0.05) is 83.3 Å². The molecule has 0 spiro atoms. The Morgan fingerprint density at radius 1 is 0.917 bits per heavy atom. The molecule has 4 aromatic rings. The number of nitrogens with one attached hydrogen (secondary N) is 1. The third-order valence-corrected chi connectivity index (χ3v) is 9.23. The van der Waals surface area contributed by atoms with E-state index in [9.17, 15) is 18.9 Å². The van der Waals surface area contributed by atoms with Crippen LogP contribution in [0.25, 0.3) is 22.1 Å². The normalized spacial score (nSPS) is 13.4. The van der Waals surface area contributed by atoms with Crippen molar-refractivity contribution in [1.29, 1.82) is 0 Å². The minimum absolute atomic E-state index is 0.0102. The molecule has 0 radical (unpaired) electrons. The molecule has 1 atom stereocenters. The summed E-state index contributed by atoms with van der Waals surface area (Å²) < 4.78 is 43.0. The molecule has 5 rings (SSSR count). The minimum atomic E-state index is -3.94. The van der Waals surface area contributed by atoms with Crippen LogP contribution >= 0.6 is 42.6 Å². The van der Waals surface area contributed by atoms with Crippen molar-refractivity contribution in [3.63, 3.8) is 0 Å². The van der Waals surface area contributed by atoms with Crippen molar-refractivity contribution in [3.05, 3.63) is 99.9 Å². The first kappa shape index (κ1) is 35.7. The molecule has 1 heterocycles. The number of alkyl carbamates (subject to hydrolysis) is 1. The van der Waals surface area contributed by atoms with E-state index in [4.69, 9.17) is 62.3 Å². The fraction of sp³-hybridized carbons (Fsp3) is 0.303. The second-order valence-electron chi connectivity index (χ2n) is 10.6. The number of benzene rings is 3. The number of hydrogen-bond donors (Lipinski definition) is 1. The Balaban J connectivity index is 1.37. The van der Waals surface area contributed by atoms with E-state index in [2.05, 4.69) is 5.32 Å². The Morgan fingerprint density at radius 3 is 2.15 bits per heavy atom. The zero-order valence-electron chi connectivity index (χ0n) is 25.8. The van der Waals surface area contributed by atoms with Gasteiger partial charge in [0, 0.05) is 29.9 Å². The number of hydrogen-bond acceptors (Lipinski definition) is 10. The van der Waals surface area contributed by atoms with Gasteiger partial charge in [-0.3, -0.25) is 9.05 Å². The number of esters is 1. The molecule has 0 saturated heterocycles. The molecule has 0 bridgehead atoms. The molecule has 1 amide bonds. The van der Waals surface area contributed by atoms with E-state index in [1.165, 1.54) is 24.3 Å². The fourth-order valence-corrected chi connectivity index (χ4v) is 6.77. The predicted octanol–water partition coefficient (Wildman–Crippen LogP) is 7.72. The van der Waals surface area contributed by atoms with Crippen LogP contribution in [-0.4, -0.2) is 48.3 Å². The van der Waals surface area contributed by atoms with Gasteiger partial charge in [-0.25, -0.2) is 18.9 Å². The lowest BCUT2D eigenvalue weighted by Crippen LogP contribution is -2.44. The second-order valence-corrected chi connectivity index (χ2v) is 14.7. The second kappa shape index (κ2) is 15.3. The standard InChI is InChI=1S/C33H31Cl3NO10P/c1-3-44-48(41,45-4-2)47-21-13-14-22-20(16-30(38)46-29(22)17-21)15-28(31(39)43-19-33(34,35)36)37-32(40)42-18-27-25-11-7-5-9-23(25)24-10-6-8-12-26(24)27/h5-14,16-17,27-28H,3-4,15,18-19H2,1-2H3,(H,37,40)/t28-/m0/s1. The highest BCUT2D eigenvalue weighted by molar-refractivity contribution is 7.48. The van der Waals surface area contributed by atoms with Gasteiger partial charge < -0.3 is 23.7 Å². The highest BCUT2D eigenvalue weighted by atomic mass is 35.6. The molecular formula is C33H31Cl3NO10P. The molecule has 0 unspecified atom stereocenters. The average molecular weight is 739 g/mol. The number of amides is 1. The number of carbonyl (C=O) groups is 2. The summed E-state index contributed by atoms with van der Waals surface area (Å²) in [7, 11) is -3.94. The molecule has 48 heavy (non-hydrogen) atoms. The maximum atomic E-state index is 13.2. The van der Waals surface area contributed by atoms with Crippen LogP contribution in [0.5, 0.6) is 5.75 Å². The van der Waals surface area contributed by atoms with Crippen molar-refractivity contribution in [2.75, 3.05) is 26.4 Å². The molecular weight excluding hydrogens is 708 g/mol. The number of phosphoric ester groups is 1. The Hall–Kier alpha value is -3.57. The van der Waals surface area contributed by atoms with Crippen molar-refractivity contribution in [1.82, 2.24) is 5.32 Å². The van der Waals surface area contributed by atoms with Gasteiger partial charge in [0.05, 0.1) is 13.2 Å². The summed E-state index contributed by atoms with van der Waals surface area (Å²) in [6.45, 7) is 2.78. The smallest absolute Gasteiger partial charge is 0.460 e. The lowest BCUT2D eigenvalue weighted by molar-refractivity contribution is -0.145. The zero-order valence-corrected chi connectivity index (χ0v) is 28.9. The lowest BCUT2D eigenvalue weighted by Gasteiger charge is -2.21. The van der Waals surface area contributed by atoms with Crippen LogP contribution in [0.1, 0.15) is 36.5 Å². The first-order valence-corrected chi connectivity index (χ1v) is 17.5. The summed E-state index contributed by atoms with van der Waals surface area (Å²) >= 11 is 17.4. The van der Waals surface area contributed by atoms with Gasteiger partial charge in [0.1, 0.15) is 30.6 Å². The number of fused-ring (bicyclic) bond motifs is 4. The molecule has 15 heteroatoms. The van der Waals surface area contributed by atoms with Crippen LogP contribution in [-0.2, 0) is 34.3 Å². The topological polar surface area (TPSA) is 140 Å². The fourth-order valence-electron chi connectivity index (χ4n) is 5.42. The third kappa shape index (κ3) is 8.71. The van der Waals surface area contributed by atoms with Crippen LogP contribution in [0.2, 0.25) is 0 Å². The van der Waals surface area contributed by atoms with Gasteiger partial charge >= 0.3 is 25.5 Å². The van der Waals surface area contributed by atoms with Crippen LogP contribution in [0, 0.1) is 0 Å². The van der Waals surface area contributed by atoms with Gasteiger partial charge in [-0.15, -0.1) is 0 Å². The lowest BCUT2D eigenvalue weighted by atomic mass is 9.98. The van der Waals surface area contributed by atoms with Gasteiger partial charge in [0.15, 0.2) is 0 Å². The molecule has 3 aromatic carbocycles. The summed E-state index contributed by atoms with van der Waals surface area (Å²) in [4.78, 5) is 39.0. The maximum Gasteiger partial charge on any atom is 0.530 e. The van der Waals surface area contributed by atoms with Crippen molar-refractivity contribution in [3.8, 4) is 16.9 Å². The summed E-state index contributed by atoms with van der Waals surface area (Å²) in [5.41, 5.74) is 3.71. The number of phosphoric acid groups is 1. The summed E-state index contributed by atoms with van der Waals surface area (Å²) in [5, 5.41) is 2.92. The highest BCUT2D eigenvalue weighted by Gasteiger charge is 2.32. The molecule has 11 nitrogen and oxygen atoms in total. The summed E-state index contributed by atoms with van der Waals surface area (Å²) in [6.07, 6.45) is -1.14. The van der Waals surface area contributed by atoms with Gasteiger partial charge in [-0.2, -0.15) is 0 Å². The van der Waals surface area contributed by atoms with Crippen LogP contribution in [0.3, 0.4) is 0 Å². The van der Waals surface area contributed by atoms with Crippen LogP contribution in [0.4, 0.5) is 4.79 Å². The monoisotopic (exact) mass is 737 g/mol. The molecule has 1 aliphatic carbocycles. The maximum absolute atomic E-state index is 13.2. The van der Waals surface area contributed by atoms with Crippen LogP contribution < -0.4 is 15.5 Å². The highest BCUT2D eigenvalue weighted by Crippen LogP contribution is 2.49. The average Bonchev–Trinajstić information content (AvgIpc) is 3.35. The molecule has 1 aromatic heterocycles. The Morgan fingerprint density at radius 2 is 1.54 bits per heavy atom. The van der Waals surface area contributed by atoms with Crippen molar-refractivity contribution in [2.45, 2.75) is 36.0 Å². The minimum Gasteiger partial charge on any atom is -0.460 e. The predicted molar refractivity (Wildman–Crippen MR) is 181 cm³/mol. The number of halogens is 3. The van der Waals surface area contributed by atoms with E-state index in [-0.39, 0.29) is 43.5 Å². The van der Waals surface area contributed by atoms with Gasteiger partial charge in [0.25, 0.3) is 0 Å². The largest absolute Gasteiger partial charge is 0.530 e.